The molecule has 2 nitrogen and oxygen atoms in total. The molecule has 1 aromatic carbocycles. The number of rotatable bonds is 1. The Morgan fingerprint density at radius 2 is 2.50 bits per heavy atom. The van der Waals surface area contributed by atoms with Crippen molar-refractivity contribution in [2.75, 3.05) is 0 Å². The van der Waals surface area contributed by atoms with Gasteiger partial charge in [-0.15, -0.1) is 0 Å². The predicted molar refractivity (Wildman–Crippen MR) is 37.9 cm³/mol. The fourth-order valence-corrected chi connectivity index (χ4v) is 0.743. The van der Waals surface area contributed by atoms with Gasteiger partial charge in [0.1, 0.15) is 0 Å². The third-order valence-corrected chi connectivity index (χ3v) is 1.29. The lowest BCUT2D eigenvalue weighted by atomic mass is 10.1. The van der Waals surface area contributed by atoms with Crippen molar-refractivity contribution in [3.8, 4) is 6.07 Å². The van der Waals surface area contributed by atoms with Crippen molar-refractivity contribution < 1.29 is 0 Å². The van der Waals surface area contributed by atoms with E-state index in [1.807, 2.05) is 6.07 Å². The third-order valence-electron chi connectivity index (χ3n) is 1.29. The minimum absolute atomic E-state index is 0.403. The van der Waals surface area contributed by atoms with Gasteiger partial charge in [0, 0.05) is 6.54 Å². The average Bonchev–Trinajstić information content (AvgIpc) is 2.04. The fraction of sp³-hybridized carbons (Fsp3) is 0.125. The van der Waals surface area contributed by atoms with Crippen molar-refractivity contribution in [2.45, 2.75) is 6.54 Å². The molecule has 0 saturated carbocycles. The molecule has 0 fully saturated rings. The van der Waals surface area contributed by atoms with Crippen molar-refractivity contribution in [3.05, 3.63) is 35.4 Å². The Bertz CT molecular complexity index is 260. The van der Waals surface area contributed by atoms with Gasteiger partial charge in [0.05, 0.1) is 11.6 Å². The van der Waals surface area contributed by atoms with Crippen LogP contribution in [0.3, 0.4) is 0 Å². The Morgan fingerprint density at radius 1 is 1.70 bits per heavy atom. The molecule has 0 aliphatic carbocycles. The molecule has 0 spiro atoms. The molecule has 0 aliphatic rings. The molecule has 2 N–H and O–H groups in total. The summed E-state index contributed by atoms with van der Waals surface area (Å²) in [5, 5.41) is 8.53. The summed E-state index contributed by atoms with van der Waals surface area (Å²) in [6.07, 6.45) is 0. The van der Waals surface area contributed by atoms with Gasteiger partial charge in [0.25, 0.3) is 0 Å². The van der Waals surface area contributed by atoms with E-state index in [1.165, 1.54) is 0 Å². The Morgan fingerprint density at radius 3 is 3.00 bits per heavy atom. The van der Waals surface area contributed by atoms with Crippen LogP contribution in [0.5, 0.6) is 0 Å². The number of nitrogens with two attached hydrogens (primary N) is 1. The molecule has 0 aromatic heterocycles. The quantitative estimate of drug-likeness (QED) is 0.613. The first-order chi connectivity index (χ1) is 4.88. The Kier molecular flexibility index (Phi) is 2.03. The zero-order chi connectivity index (χ0) is 7.40. The summed E-state index contributed by atoms with van der Waals surface area (Å²) in [5.74, 6) is 0. The van der Waals surface area contributed by atoms with Crippen molar-refractivity contribution >= 4 is 0 Å². The van der Waals surface area contributed by atoms with Crippen LogP contribution < -0.4 is 5.73 Å². The monoisotopic (exact) mass is 131 g/mol. The van der Waals surface area contributed by atoms with Crippen LogP contribution in [0.15, 0.2) is 18.2 Å². The van der Waals surface area contributed by atoms with Gasteiger partial charge < -0.3 is 5.73 Å². The molecule has 1 rings (SSSR count). The summed E-state index contributed by atoms with van der Waals surface area (Å²) < 4.78 is 0. The summed E-state index contributed by atoms with van der Waals surface area (Å²) in [5.41, 5.74) is 6.85. The van der Waals surface area contributed by atoms with Crippen LogP contribution in [0.4, 0.5) is 0 Å². The fourth-order valence-electron chi connectivity index (χ4n) is 0.743. The molecule has 1 radical (unpaired) electrons. The van der Waals surface area contributed by atoms with Gasteiger partial charge in [0.15, 0.2) is 0 Å². The molecule has 2 heteroatoms. The summed E-state index contributed by atoms with van der Waals surface area (Å²) in [6.45, 7) is 0.403. The van der Waals surface area contributed by atoms with Crippen molar-refractivity contribution in [2.24, 2.45) is 5.73 Å². The van der Waals surface area contributed by atoms with Gasteiger partial charge in [-0.2, -0.15) is 5.26 Å². The molecule has 0 atom stereocenters. The van der Waals surface area contributed by atoms with Crippen LogP contribution in [0.2, 0.25) is 0 Å². The zero-order valence-electron chi connectivity index (χ0n) is 5.46. The first-order valence-electron chi connectivity index (χ1n) is 2.97. The number of nitriles is 1. The highest BCUT2D eigenvalue weighted by molar-refractivity contribution is 5.36. The normalized spacial score (nSPS) is 8.80. The van der Waals surface area contributed by atoms with Crippen LogP contribution in [0.1, 0.15) is 11.1 Å². The van der Waals surface area contributed by atoms with E-state index in [4.69, 9.17) is 11.0 Å². The number of hydrogen-bond acceptors (Lipinski definition) is 2. The lowest BCUT2D eigenvalue weighted by molar-refractivity contribution is 1.06. The maximum atomic E-state index is 8.53. The molecule has 0 bridgehead atoms. The van der Waals surface area contributed by atoms with E-state index < -0.39 is 0 Å². The number of benzene rings is 1. The van der Waals surface area contributed by atoms with Crippen LogP contribution in [0, 0.1) is 17.4 Å². The molecule has 0 saturated heterocycles. The zero-order valence-corrected chi connectivity index (χ0v) is 5.46. The maximum Gasteiger partial charge on any atom is 0.0995 e. The van der Waals surface area contributed by atoms with E-state index in [0.717, 1.165) is 5.56 Å². The topological polar surface area (TPSA) is 49.8 Å². The highest BCUT2D eigenvalue weighted by Gasteiger charge is 1.95. The van der Waals surface area contributed by atoms with Crippen molar-refractivity contribution in [1.82, 2.24) is 0 Å². The van der Waals surface area contributed by atoms with Crippen molar-refractivity contribution in [1.29, 1.82) is 5.26 Å². The minimum atomic E-state index is 0.403. The summed E-state index contributed by atoms with van der Waals surface area (Å²) >= 11 is 0. The van der Waals surface area contributed by atoms with Gasteiger partial charge in [-0.1, -0.05) is 6.07 Å². The number of hydrogen-bond donors (Lipinski definition) is 1. The van der Waals surface area contributed by atoms with Gasteiger partial charge >= 0.3 is 0 Å². The largest absolute Gasteiger partial charge is 0.326 e. The van der Waals surface area contributed by atoms with E-state index in [9.17, 15) is 0 Å². The molecular weight excluding hydrogens is 124 g/mol. The molecule has 0 amide bonds. The Balaban J connectivity index is 3.12. The van der Waals surface area contributed by atoms with Crippen LogP contribution in [0.25, 0.3) is 0 Å². The lowest BCUT2D eigenvalue weighted by Gasteiger charge is -1.95. The second-order valence-corrected chi connectivity index (χ2v) is 1.90. The van der Waals surface area contributed by atoms with Crippen LogP contribution >= 0.6 is 0 Å². The smallest absolute Gasteiger partial charge is 0.0995 e. The second-order valence-electron chi connectivity index (χ2n) is 1.90. The Hall–Kier alpha value is -1.33. The van der Waals surface area contributed by atoms with Gasteiger partial charge in [0.2, 0.25) is 0 Å². The molecule has 0 heterocycles. The van der Waals surface area contributed by atoms with Gasteiger partial charge in [-0.3, -0.25) is 0 Å². The van der Waals surface area contributed by atoms with Crippen LogP contribution in [-0.4, -0.2) is 0 Å². The van der Waals surface area contributed by atoms with E-state index in [1.54, 1.807) is 18.2 Å². The van der Waals surface area contributed by atoms with Crippen LogP contribution in [-0.2, 0) is 6.54 Å². The minimum Gasteiger partial charge on any atom is -0.326 e. The molecule has 49 valence electrons. The second kappa shape index (κ2) is 3.00. The van der Waals surface area contributed by atoms with Gasteiger partial charge in [-0.25, -0.2) is 0 Å². The highest BCUT2D eigenvalue weighted by atomic mass is 14.5. The molecule has 1 aromatic rings. The van der Waals surface area contributed by atoms with Crippen molar-refractivity contribution in [3.63, 3.8) is 0 Å². The molecule has 0 aliphatic heterocycles. The molecule has 0 unspecified atom stereocenters. The summed E-state index contributed by atoms with van der Waals surface area (Å²) in [4.78, 5) is 0. The molecular formula is C8H7N2. The van der Waals surface area contributed by atoms with E-state index in [0.29, 0.717) is 12.1 Å². The van der Waals surface area contributed by atoms with Gasteiger partial charge in [-0.05, 0) is 23.8 Å². The van der Waals surface area contributed by atoms with E-state index in [-0.39, 0.29) is 0 Å². The average molecular weight is 131 g/mol. The highest BCUT2D eigenvalue weighted by Crippen LogP contribution is 2.04. The predicted octanol–water partition coefficient (Wildman–Crippen LogP) is 0.817. The maximum absolute atomic E-state index is 8.53. The summed E-state index contributed by atoms with van der Waals surface area (Å²) in [7, 11) is 0. The lowest BCUT2D eigenvalue weighted by Crippen LogP contribution is -1.98. The third kappa shape index (κ3) is 1.15. The summed E-state index contributed by atoms with van der Waals surface area (Å²) in [6, 6.07) is 10.1. The Labute approximate surface area is 59.9 Å². The first-order valence-corrected chi connectivity index (χ1v) is 2.97. The molecule has 10 heavy (non-hydrogen) atoms. The SMILES string of the molecule is N#Cc1cc[c]cc1CN. The standard InChI is InChI=1S/C8H7N2/c9-5-7-3-1-2-4-8(7)6-10/h1,3-4H,6,10H2. The van der Waals surface area contributed by atoms with E-state index >= 15 is 0 Å². The first kappa shape index (κ1) is 6.79. The number of nitrogens with zero attached hydrogens (tertiary/aromatic N) is 1. The van der Waals surface area contributed by atoms with E-state index in [2.05, 4.69) is 6.07 Å².